The van der Waals surface area contributed by atoms with Gasteiger partial charge in [0.05, 0.1) is 6.54 Å². The van der Waals surface area contributed by atoms with E-state index in [9.17, 15) is 14.7 Å². The van der Waals surface area contributed by atoms with Crippen LogP contribution in [0.5, 0.6) is 0 Å². The highest BCUT2D eigenvalue weighted by Crippen LogP contribution is 2.11. The van der Waals surface area contributed by atoms with Gasteiger partial charge in [-0.05, 0) is 38.3 Å². The van der Waals surface area contributed by atoms with E-state index in [-0.39, 0.29) is 24.1 Å². The molecule has 1 aromatic heterocycles. The van der Waals surface area contributed by atoms with E-state index in [4.69, 9.17) is 4.42 Å². The van der Waals surface area contributed by atoms with Crippen LogP contribution in [-0.4, -0.2) is 47.1 Å². The van der Waals surface area contributed by atoms with Crippen molar-refractivity contribution >= 4 is 11.8 Å². The third kappa shape index (κ3) is 4.36. The molecule has 112 valence electrons. The fourth-order valence-electron chi connectivity index (χ4n) is 1.87. The predicted molar refractivity (Wildman–Crippen MR) is 75.4 cm³/mol. The fourth-order valence-corrected chi connectivity index (χ4v) is 1.87. The molecule has 0 aliphatic carbocycles. The number of hydrogen-bond acceptors (Lipinski definition) is 4. The van der Waals surface area contributed by atoms with E-state index < -0.39 is 5.60 Å². The Labute approximate surface area is 123 Å². The molecule has 0 radical (unpaired) electrons. The van der Waals surface area contributed by atoms with Crippen LogP contribution in [0.15, 0.2) is 16.5 Å². The molecule has 2 amide bonds. The van der Waals surface area contributed by atoms with Crippen LogP contribution in [0, 0.1) is 11.8 Å². The quantitative estimate of drug-likeness (QED) is 0.732. The summed E-state index contributed by atoms with van der Waals surface area (Å²) in [7, 11) is 0. The van der Waals surface area contributed by atoms with Gasteiger partial charge in [0, 0.05) is 13.1 Å². The van der Waals surface area contributed by atoms with Gasteiger partial charge in [0.2, 0.25) is 5.91 Å². The molecule has 0 saturated carbocycles. The Hall–Kier alpha value is -2.26. The van der Waals surface area contributed by atoms with Crippen molar-refractivity contribution in [3.8, 4) is 11.8 Å². The number of aliphatic hydroxyl groups is 1. The van der Waals surface area contributed by atoms with Crippen LogP contribution in [0.1, 0.15) is 36.6 Å². The van der Waals surface area contributed by atoms with Crippen LogP contribution in [0.25, 0.3) is 0 Å². The van der Waals surface area contributed by atoms with Gasteiger partial charge in [0.25, 0.3) is 5.91 Å². The first-order chi connectivity index (χ1) is 9.85. The topological polar surface area (TPSA) is 82.8 Å². The van der Waals surface area contributed by atoms with Gasteiger partial charge in [-0.25, -0.2) is 0 Å². The predicted octanol–water partition coefficient (Wildman–Crippen LogP) is 0.364. The van der Waals surface area contributed by atoms with Gasteiger partial charge in [-0.3, -0.25) is 9.59 Å². The maximum absolute atomic E-state index is 12.3. The van der Waals surface area contributed by atoms with Gasteiger partial charge in [0.15, 0.2) is 11.5 Å². The standard InChI is InChI=1S/C15H18N2O4/c1-15(2,20)7-6-11-4-5-12(21-11)14(19)17-9-3-8-16-13(18)10-17/h4-5,20H,3,8-10H2,1-2H3,(H,16,18). The van der Waals surface area contributed by atoms with Gasteiger partial charge in [-0.15, -0.1) is 0 Å². The highest BCUT2D eigenvalue weighted by atomic mass is 16.4. The van der Waals surface area contributed by atoms with E-state index in [1.54, 1.807) is 19.9 Å². The second kappa shape index (κ2) is 6.02. The number of nitrogens with zero attached hydrogens (tertiary/aromatic N) is 1. The summed E-state index contributed by atoms with van der Waals surface area (Å²) in [5, 5.41) is 12.2. The number of carbonyl (C=O) groups is 2. The molecule has 1 aliphatic heterocycles. The first kappa shape index (κ1) is 15.1. The molecule has 1 aromatic rings. The zero-order valence-electron chi connectivity index (χ0n) is 12.1. The minimum atomic E-state index is -1.13. The molecule has 6 heteroatoms. The normalized spacial score (nSPS) is 15.8. The lowest BCUT2D eigenvalue weighted by atomic mass is 10.1. The molecule has 2 heterocycles. The Balaban J connectivity index is 2.11. The smallest absolute Gasteiger partial charge is 0.290 e. The molecular formula is C15H18N2O4. The second-order valence-electron chi connectivity index (χ2n) is 5.40. The van der Waals surface area contributed by atoms with E-state index in [0.29, 0.717) is 25.3 Å². The summed E-state index contributed by atoms with van der Waals surface area (Å²) < 4.78 is 5.36. The lowest BCUT2D eigenvalue weighted by molar-refractivity contribution is -0.121. The van der Waals surface area contributed by atoms with E-state index >= 15 is 0 Å². The van der Waals surface area contributed by atoms with Gasteiger partial charge >= 0.3 is 0 Å². The van der Waals surface area contributed by atoms with Crippen molar-refractivity contribution < 1.29 is 19.1 Å². The number of amides is 2. The summed E-state index contributed by atoms with van der Waals surface area (Å²) in [5.74, 6) is 5.22. The van der Waals surface area contributed by atoms with E-state index in [2.05, 4.69) is 17.2 Å². The summed E-state index contributed by atoms with van der Waals surface area (Å²) in [5.41, 5.74) is -1.13. The maximum Gasteiger partial charge on any atom is 0.290 e. The van der Waals surface area contributed by atoms with Crippen LogP contribution in [0.4, 0.5) is 0 Å². The zero-order valence-corrected chi connectivity index (χ0v) is 12.1. The third-order valence-corrected chi connectivity index (χ3v) is 2.86. The lowest BCUT2D eigenvalue weighted by Gasteiger charge is -2.17. The fraction of sp³-hybridized carbons (Fsp3) is 0.467. The average Bonchev–Trinajstić information content (AvgIpc) is 2.77. The van der Waals surface area contributed by atoms with Crippen molar-refractivity contribution in [2.24, 2.45) is 0 Å². The van der Waals surface area contributed by atoms with Gasteiger partial charge in [0.1, 0.15) is 5.60 Å². The molecule has 0 unspecified atom stereocenters. The molecule has 1 aliphatic rings. The number of hydrogen-bond donors (Lipinski definition) is 2. The summed E-state index contributed by atoms with van der Waals surface area (Å²) in [4.78, 5) is 25.2. The molecule has 2 N–H and O–H groups in total. The average molecular weight is 290 g/mol. The van der Waals surface area contributed by atoms with Gasteiger partial charge in [-0.1, -0.05) is 5.92 Å². The Morgan fingerprint density at radius 2 is 2.24 bits per heavy atom. The first-order valence-corrected chi connectivity index (χ1v) is 6.76. The third-order valence-electron chi connectivity index (χ3n) is 2.86. The molecule has 1 fully saturated rings. The molecule has 0 bridgehead atoms. The van der Waals surface area contributed by atoms with Gasteiger partial charge < -0.3 is 19.7 Å². The molecule has 1 saturated heterocycles. The van der Waals surface area contributed by atoms with Crippen molar-refractivity contribution in [1.29, 1.82) is 0 Å². The molecule has 6 nitrogen and oxygen atoms in total. The Kier molecular flexibility index (Phi) is 4.34. The number of nitrogens with one attached hydrogen (secondary N) is 1. The number of furan rings is 1. The van der Waals surface area contributed by atoms with Crippen LogP contribution in [0.3, 0.4) is 0 Å². The molecule has 21 heavy (non-hydrogen) atoms. The SMILES string of the molecule is CC(C)(O)C#Cc1ccc(C(=O)N2CCCNC(=O)C2)o1. The molecule has 0 aromatic carbocycles. The van der Waals surface area contributed by atoms with Gasteiger partial charge in [-0.2, -0.15) is 0 Å². The summed E-state index contributed by atoms with van der Waals surface area (Å²) in [6, 6.07) is 3.10. The zero-order chi connectivity index (χ0) is 15.5. The minimum absolute atomic E-state index is 0.0320. The Morgan fingerprint density at radius 3 is 2.95 bits per heavy atom. The Bertz CT molecular complexity index is 601. The Morgan fingerprint density at radius 1 is 1.48 bits per heavy atom. The van der Waals surface area contributed by atoms with Crippen LogP contribution in [-0.2, 0) is 4.79 Å². The van der Waals surface area contributed by atoms with Crippen molar-refractivity contribution in [2.75, 3.05) is 19.6 Å². The lowest BCUT2D eigenvalue weighted by Crippen LogP contribution is -2.37. The first-order valence-electron chi connectivity index (χ1n) is 6.76. The van der Waals surface area contributed by atoms with E-state index in [1.165, 1.54) is 11.0 Å². The second-order valence-corrected chi connectivity index (χ2v) is 5.40. The van der Waals surface area contributed by atoms with Crippen molar-refractivity contribution in [2.45, 2.75) is 25.9 Å². The van der Waals surface area contributed by atoms with Crippen molar-refractivity contribution in [1.82, 2.24) is 10.2 Å². The molecule has 0 atom stereocenters. The highest BCUT2D eigenvalue weighted by molar-refractivity contribution is 5.94. The van der Waals surface area contributed by atoms with Crippen LogP contribution < -0.4 is 5.32 Å². The highest BCUT2D eigenvalue weighted by Gasteiger charge is 2.23. The maximum atomic E-state index is 12.3. The van der Waals surface area contributed by atoms with E-state index in [1.807, 2.05) is 0 Å². The van der Waals surface area contributed by atoms with Crippen LogP contribution >= 0.6 is 0 Å². The summed E-state index contributed by atoms with van der Waals surface area (Å²) >= 11 is 0. The number of rotatable bonds is 1. The monoisotopic (exact) mass is 290 g/mol. The largest absolute Gasteiger partial charge is 0.443 e. The molecular weight excluding hydrogens is 272 g/mol. The summed E-state index contributed by atoms with van der Waals surface area (Å²) in [6.45, 7) is 4.23. The van der Waals surface area contributed by atoms with E-state index in [0.717, 1.165) is 0 Å². The van der Waals surface area contributed by atoms with Crippen molar-refractivity contribution in [3.05, 3.63) is 23.7 Å². The summed E-state index contributed by atoms with van der Waals surface area (Å²) in [6.07, 6.45) is 0.712. The number of carbonyl (C=O) groups excluding carboxylic acids is 2. The van der Waals surface area contributed by atoms with Crippen LogP contribution in [0.2, 0.25) is 0 Å². The molecule has 2 rings (SSSR count). The van der Waals surface area contributed by atoms with Crippen molar-refractivity contribution in [3.63, 3.8) is 0 Å². The molecule has 0 spiro atoms. The minimum Gasteiger partial charge on any atom is -0.443 e.